The molecule has 1 amide bonds. The second kappa shape index (κ2) is 5.82. The van der Waals surface area contributed by atoms with Gasteiger partial charge in [0.2, 0.25) is 5.91 Å². The third-order valence-corrected chi connectivity index (χ3v) is 5.58. The number of hydrogen-bond donors (Lipinski definition) is 1. The summed E-state index contributed by atoms with van der Waals surface area (Å²) in [5, 5.41) is 4.35. The van der Waals surface area contributed by atoms with Gasteiger partial charge in [-0.05, 0) is 43.5 Å². The Morgan fingerprint density at radius 2 is 2.23 bits per heavy atom. The molecule has 5 rings (SSSR count). The van der Waals surface area contributed by atoms with Crippen molar-refractivity contribution in [2.24, 2.45) is 5.92 Å². The number of benzene rings is 1. The standard InChI is InChI=1S/C17H19N3OS/c21-17(20-11-12-5-6-13(20)10-18-9-12)8-7-16-19-14-3-1-2-4-15(14)22-16/h1-4,7-8,12-13,18H,5-6,9-11H2/b8-7+/t12-,13+/m1/s1. The smallest absolute Gasteiger partial charge is 0.246 e. The number of para-hydroxylation sites is 1. The van der Waals surface area contributed by atoms with E-state index >= 15 is 0 Å². The van der Waals surface area contributed by atoms with Crippen LogP contribution in [-0.4, -0.2) is 41.5 Å². The monoisotopic (exact) mass is 313 g/mol. The second-order valence-electron chi connectivity index (χ2n) is 6.10. The van der Waals surface area contributed by atoms with Gasteiger partial charge in [-0.25, -0.2) is 4.98 Å². The highest BCUT2D eigenvalue weighted by atomic mass is 32.1. The van der Waals surface area contributed by atoms with Crippen molar-refractivity contribution in [3.63, 3.8) is 0 Å². The van der Waals surface area contributed by atoms with E-state index in [1.807, 2.05) is 29.2 Å². The number of amides is 1. The number of carbonyl (C=O) groups excluding carboxylic acids is 1. The summed E-state index contributed by atoms with van der Waals surface area (Å²) < 4.78 is 1.16. The van der Waals surface area contributed by atoms with Crippen molar-refractivity contribution in [1.82, 2.24) is 15.2 Å². The van der Waals surface area contributed by atoms with Crippen molar-refractivity contribution in [2.45, 2.75) is 18.9 Å². The molecule has 2 atom stereocenters. The number of nitrogens with zero attached hydrogens (tertiary/aromatic N) is 2. The third-order valence-electron chi connectivity index (χ3n) is 4.58. The van der Waals surface area contributed by atoms with Crippen LogP contribution in [0.1, 0.15) is 17.8 Å². The van der Waals surface area contributed by atoms with Gasteiger partial charge >= 0.3 is 0 Å². The van der Waals surface area contributed by atoms with Crippen LogP contribution in [0.15, 0.2) is 30.3 Å². The lowest BCUT2D eigenvalue weighted by Gasteiger charge is -2.35. The third kappa shape index (κ3) is 2.66. The maximum absolute atomic E-state index is 12.5. The van der Waals surface area contributed by atoms with Crippen molar-refractivity contribution >= 4 is 33.5 Å². The van der Waals surface area contributed by atoms with E-state index in [0.717, 1.165) is 41.3 Å². The van der Waals surface area contributed by atoms with Crippen LogP contribution in [-0.2, 0) is 4.79 Å². The molecule has 0 unspecified atom stereocenters. The Hall–Kier alpha value is -1.72. The van der Waals surface area contributed by atoms with Crippen LogP contribution in [0.4, 0.5) is 0 Å². The van der Waals surface area contributed by atoms with E-state index in [0.29, 0.717) is 12.0 Å². The minimum Gasteiger partial charge on any atom is -0.335 e. The molecule has 3 aliphatic rings. The van der Waals surface area contributed by atoms with Gasteiger partial charge in [0.25, 0.3) is 0 Å². The molecule has 3 aliphatic heterocycles. The van der Waals surface area contributed by atoms with Crippen LogP contribution in [0.25, 0.3) is 16.3 Å². The normalized spacial score (nSPS) is 25.0. The van der Waals surface area contributed by atoms with E-state index in [1.165, 1.54) is 6.42 Å². The number of nitrogens with one attached hydrogen (secondary N) is 1. The molecule has 3 fully saturated rings. The summed E-state index contributed by atoms with van der Waals surface area (Å²) >= 11 is 1.62. The molecule has 1 aromatic carbocycles. The molecule has 5 heteroatoms. The van der Waals surface area contributed by atoms with Crippen LogP contribution >= 0.6 is 11.3 Å². The van der Waals surface area contributed by atoms with Gasteiger partial charge in [0.05, 0.1) is 10.2 Å². The number of hydrogen-bond acceptors (Lipinski definition) is 4. The summed E-state index contributed by atoms with van der Waals surface area (Å²) in [7, 11) is 0. The zero-order chi connectivity index (χ0) is 14.9. The van der Waals surface area contributed by atoms with Crippen molar-refractivity contribution in [1.29, 1.82) is 0 Å². The van der Waals surface area contributed by atoms with E-state index in [2.05, 4.69) is 16.4 Å². The topological polar surface area (TPSA) is 45.2 Å². The molecule has 4 nitrogen and oxygen atoms in total. The van der Waals surface area contributed by atoms with Crippen LogP contribution < -0.4 is 5.32 Å². The van der Waals surface area contributed by atoms with Crippen molar-refractivity contribution in [3.8, 4) is 0 Å². The van der Waals surface area contributed by atoms with E-state index in [-0.39, 0.29) is 5.91 Å². The molecule has 2 aromatic rings. The molecule has 114 valence electrons. The second-order valence-corrected chi connectivity index (χ2v) is 7.16. The van der Waals surface area contributed by atoms with Gasteiger partial charge in [-0.1, -0.05) is 12.1 Å². The van der Waals surface area contributed by atoms with Crippen molar-refractivity contribution in [3.05, 3.63) is 35.3 Å². The fourth-order valence-corrected chi connectivity index (χ4v) is 4.28. The predicted octanol–water partition coefficient (Wildman–Crippen LogP) is 2.52. The van der Waals surface area contributed by atoms with Crippen molar-refractivity contribution in [2.75, 3.05) is 19.6 Å². The highest BCUT2D eigenvalue weighted by Gasteiger charge is 2.33. The molecule has 0 radical (unpaired) electrons. The van der Waals surface area contributed by atoms with Gasteiger partial charge in [0.1, 0.15) is 5.01 Å². The van der Waals surface area contributed by atoms with Gasteiger partial charge in [-0.2, -0.15) is 0 Å². The molecule has 22 heavy (non-hydrogen) atoms. The number of piperidine rings is 1. The fraction of sp³-hybridized carbons (Fsp3) is 0.412. The molecule has 2 bridgehead atoms. The van der Waals surface area contributed by atoms with Crippen molar-refractivity contribution < 1.29 is 4.79 Å². The lowest BCUT2D eigenvalue weighted by molar-refractivity contribution is -0.129. The van der Waals surface area contributed by atoms with E-state index in [1.54, 1.807) is 17.4 Å². The minimum atomic E-state index is 0.123. The summed E-state index contributed by atoms with van der Waals surface area (Å²) in [6.45, 7) is 2.86. The Bertz CT molecular complexity index is 687. The van der Waals surface area contributed by atoms with Gasteiger partial charge in [0.15, 0.2) is 0 Å². The number of thiazole rings is 1. The molecular weight excluding hydrogens is 294 g/mol. The first kappa shape index (κ1) is 13.9. The molecule has 3 saturated heterocycles. The summed E-state index contributed by atoms with van der Waals surface area (Å²) in [4.78, 5) is 19.1. The summed E-state index contributed by atoms with van der Waals surface area (Å²) in [6, 6.07) is 8.42. The van der Waals surface area contributed by atoms with Crippen LogP contribution in [0.5, 0.6) is 0 Å². The zero-order valence-electron chi connectivity index (χ0n) is 12.4. The summed E-state index contributed by atoms with van der Waals surface area (Å²) in [5.41, 5.74) is 0.998. The SMILES string of the molecule is O=C(/C=C/c1nc2ccccc2s1)N1C[C@@H]2CC[C@H]1CNC2. The predicted molar refractivity (Wildman–Crippen MR) is 89.7 cm³/mol. The molecule has 1 N–H and O–H groups in total. The average molecular weight is 313 g/mol. The summed E-state index contributed by atoms with van der Waals surface area (Å²) in [6.07, 6.45) is 5.92. The highest BCUT2D eigenvalue weighted by molar-refractivity contribution is 7.19. The quantitative estimate of drug-likeness (QED) is 0.867. The van der Waals surface area contributed by atoms with E-state index in [4.69, 9.17) is 0 Å². The maximum Gasteiger partial charge on any atom is 0.246 e. The molecule has 0 aliphatic carbocycles. The lowest BCUT2D eigenvalue weighted by atomic mass is 9.95. The van der Waals surface area contributed by atoms with Gasteiger partial charge in [0, 0.05) is 25.2 Å². The average Bonchev–Trinajstić information content (AvgIpc) is 2.69. The summed E-state index contributed by atoms with van der Waals surface area (Å²) in [5.74, 6) is 0.733. The first-order valence-electron chi connectivity index (χ1n) is 7.84. The number of fused-ring (bicyclic) bond motifs is 5. The first-order valence-corrected chi connectivity index (χ1v) is 8.66. The molecular formula is C17H19N3OS. The molecule has 0 spiro atoms. The Labute approximate surface area is 133 Å². The molecule has 0 saturated carbocycles. The Morgan fingerprint density at radius 1 is 1.32 bits per heavy atom. The zero-order valence-corrected chi connectivity index (χ0v) is 13.2. The van der Waals surface area contributed by atoms with E-state index < -0.39 is 0 Å². The van der Waals surface area contributed by atoms with Crippen LogP contribution in [0.3, 0.4) is 0 Å². The number of rotatable bonds is 2. The first-order chi connectivity index (χ1) is 10.8. The molecule has 4 heterocycles. The molecule has 1 aromatic heterocycles. The Kier molecular flexibility index (Phi) is 3.68. The fourth-order valence-electron chi connectivity index (χ4n) is 3.40. The van der Waals surface area contributed by atoms with Crippen LogP contribution in [0, 0.1) is 5.92 Å². The Balaban J connectivity index is 1.51. The lowest BCUT2D eigenvalue weighted by Crippen LogP contribution is -2.46. The number of carbonyl (C=O) groups is 1. The van der Waals surface area contributed by atoms with Gasteiger partial charge in [-0.3, -0.25) is 4.79 Å². The van der Waals surface area contributed by atoms with E-state index in [9.17, 15) is 4.79 Å². The largest absolute Gasteiger partial charge is 0.335 e. The van der Waals surface area contributed by atoms with Gasteiger partial charge < -0.3 is 10.2 Å². The minimum absolute atomic E-state index is 0.123. The van der Waals surface area contributed by atoms with Gasteiger partial charge in [-0.15, -0.1) is 11.3 Å². The highest BCUT2D eigenvalue weighted by Crippen LogP contribution is 2.25. The van der Waals surface area contributed by atoms with Crippen LogP contribution in [0.2, 0.25) is 0 Å². The number of aromatic nitrogens is 1. The maximum atomic E-state index is 12.5. The Morgan fingerprint density at radius 3 is 3.14 bits per heavy atom.